The van der Waals surface area contributed by atoms with Crippen LogP contribution in [0.3, 0.4) is 0 Å². The Morgan fingerprint density at radius 1 is 1.24 bits per heavy atom. The highest BCUT2D eigenvalue weighted by atomic mass is 35.5. The van der Waals surface area contributed by atoms with E-state index in [0.29, 0.717) is 11.3 Å². The van der Waals surface area contributed by atoms with Crippen molar-refractivity contribution < 1.29 is 13.6 Å². The van der Waals surface area contributed by atoms with Crippen molar-refractivity contribution in [3.8, 4) is 0 Å². The van der Waals surface area contributed by atoms with Gasteiger partial charge in [0, 0.05) is 17.2 Å². The van der Waals surface area contributed by atoms with Crippen LogP contribution in [-0.4, -0.2) is 5.91 Å². The fourth-order valence-electron chi connectivity index (χ4n) is 1.88. The number of nitrogens with one attached hydrogen (secondary N) is 1. The molecular formula is C15H13ClF2N2O. The third-order valence-electron chi connectivity index (χ3n) is 3.04. The van der Waals surface area contributed by atoms with Gasteiger partial charge in [-0.1, -0.05) is 17.7 Å². The molecule has 21 heavy (non-hydrogen) atoms. The quantitative estimate of drug-likeness (QED) is 0.849. The molecule has 2 aromatic rings. The van der Waals surface area contributed by atoms with Crippen molar-refractivity contribution in [1.82, 2.24) is 5.32 Å². The molecule has 6 heteroatoms. The lowest BCUT2D eigenvalue weighted by Crippen LogP contribution is -2.27. The average molecular weight is 311 g/mol. The fraction of sp³-hybridized carbons (Fsp3) is 0.133. The maximum atomic E-state index is 13.6. The summed E-state index contributed by atoms with van der Waals surface area (Å²) in [5.74, 6) is -1.80. The first-order chi connectivity index (χ1) is 9.88. The van der Waals surface area contributed by atoms with Crippen LogP contribution in [0.4, 0.5) is 14.5 Å². The van der Waals surface area contributed by atoms with Crippen LogP contribution in [0.25, 0.3) is 0 Å². The molecular weight excluding hydrogens is 298 g/mol. The third-order valence-corrected chi connectivity index (χ3v) is 3.37. The molecule has 2 aromatic carbocycles. The van der Waals surface area contributed by atoms with Crippen LogP contribution in [-0.2, 0) is 0 Å². The molecule has 0 fully saturated rings. The van der Waals surface area contributed by atoms with E-state index in [1.807, 2.05) is 0 Å². The molecule has 110 valence electrons. The van der Waals surface area contributed by atoms with Crippen molar-refractivity contribution in [3.05, 3.63) is 64.2 Å². The van der Waals surface area contributed by atoms with Crippen LogP contribution in [0.2, 0.25) is 5.02 Å². The lowest BCUT2D eigenvalue weighted by molar-refractivity contribution is 0.0939. The molecule has 0 saturated heterocycles. The first kappa shape index (κ1) is 15.3. The molecule has 0 spiro atoms. The summed E-state index contributed by atoms with van der Waals surface area (Å²) < 4.78 is 26.5. The van der Waals surface area contributed by atoms with Crippen LogP contribution in [0, 0.1) is 11.6 Å². The second-order valence-electron chi connectivity index (χ2n) is 4.60. The minimum absolute atomic E-state index is 0.200. The predicted molar refractivity (Wildman–Crippen MR) is 78.1 cm³/mol. The number of rotatable bonds is 3. The van der Waals surface area contributed by atoms with Gasteiger partial charge in [-0.3, -0.25) is 4.79 Å². The summed E-state index contributed by atoms with van der Waals surface area (Å²) in [6, 6.07) is 7.06. The summed E-state index contributed by atoms with van der Waals surface area (Å²) in [5, 5.41) is 2.89. The molecule has 1 amide bonds. The number of hydrogen-bond acceptors (Lipinski definition) is 2. The molecule has 2 rings (SSSR count). The molecule has 0 bridgehead atoms. The lowest BCUT2D eigenvalue weighted by Gasteiger charge is -2.15. The summed E-state index contributed by atoms with van der Waals surface area (Å²) in [7, 11) is 0. The zero-order valence-electron chi connectivity index (χ0n) is 11.2. The number of anilines is 1. The van der Waals surface area contributed by atoms with Gasteiger partial charge >= 0.3 is 0 Å². The van der Waals surface area contributed by atoms with E-state index in [4.69, 9.17) is 17.3 Å². The van der Waals surface area contributed by atoms with Gasteiger partial charge in [-0.05, 0) is 31.2 Å². The van der Waals surface area contributed by atoms with E-state index < -0.39 is 23.6 Å². The molecule has 1 atom stereocenters. The zero-order chi connectivity index (χ0) is 15.6. The van der Waals surface area contributed by atoms with Crippen LogP contribution >= 0.6 is 11.6 Å². The lowest BCUT2D eigenvalue weighted by atomic mass is 10.1. The number of nitrogens with two attached hydrogens (primary N) is 1. The summed E-state index contributed by atoms with van der Waals surface area (Å²) in [5.41, 5.74) is 6.44. The Labute approximate surface area is 125 Å². The Bertz CT molecular complexity index is 691. The van der Waals surface area contributed by atoms with Crippen molar-refractivity contribution in [2.45, 2.75) is 13.0 Å². The largest absolute Gasteiger partial charge is 0.398 e. The van der Waals surface area contributed by atoms with Gasteiger partial charge < -0.3 is 11.1 Å². The Morgan fingerprint density at radius 3 is 2.57 bits per heavy atom. The van der Waals surface area contributed by atoms with Crippen molar-refractivity contribution in [3.63, 3.8) is 0 Å². The standard InChI is InChI=1S/C15H13ClF2N2O/c1-8(11-4-3-10(17)7-13(11)18)20-15(21)9-2-5-14(19)12(16)6-9/h2-8H,19H2,1H3,(H,20,21). The van der Waals surface area contributed by atoms with E-state index in [-0.39, 0.29) is 10.6 Å². The van der Waals surface area contributed by atoms with Gasteiger partial charge in [0.1, 0.15) is 11.6 Å². The van der Waals surface area contributed by atoms with Crippen molar-refractivity contribution in [1.29, 1.82) is 0 Å². The van der Waals surface area contributed by atoms with Gasteiger partial charge in [-0.25, -0.2) is 8.78 Å². The van der Waals surface area contributed by atoms with E-state index in [2.05, 4.69) is 5.32 Å². The first-order valence-electron chi connectivity index (χ1n) is 6.19. The smallest absolute Gasteiger partial charge is 0.251 e. The molecule has 0 aliphatic heterocycles. The summed E-state index contributed by atoms with van der Waals surface area (Å²) >= 11 is 5.85. The van der Waals surface area contributed by atoms with E-state index in [1.54, 1.807) is 6.92 Å². The highest BCUT2D eigenvalue weighted by Crippen LogP contribution is 2.21. The van der Waals surface area contributed by atoms with Gasteiger partial charge in [-0.15, -0.1) is 0 Å². The molecule has 0 aliphatic carbocycles. The molecule has 0 radical (unpaired) electrons. The Morgan fingerprint density at radius 2 is 1.95 bits per heavy atom. The van der Waals surface area contributed by atoms with E-state index in [9.17, 15) is 13.6 Å². The number of nitrogen functional groups attached to an aromatic ring is 1. The third kappa shape index (κ3) is 3.49. The maximum absolute atomic E-state index is 13.6. The monoisotopic (exact) mass is 310 g/mol. The molecule has 3 N–H and O–H groups in total. The summed E-state index contributed by atoms with van der Waals surface area (Å²) in [6.07, 6.45) is 0. The molecule has 1 unspecified atom stereocenters. The summed E-state index contributed by atoms with van der Waals surface area (Å²) in [4.78, 5) is 12.1. The molecule has 3 nitrogen and oxygen atoms in total. The van der Waals surface area contributed by atoms with E-state index >= 15 is 0 Å². The Hall–Kier alpha value is -2.14. The van der Waals surface area contributed by atoms with Crippen molar-refractivity contribution in [2.24, 2.45) is 0 Å². The van der Waals surface area contributed by atoms with Crippen LogP contribution in [0.5, 0.6) is 0 Å². The number of carbonyl (C=O) groups excluding carboxylic acids is 1. The van der Waals surface area contributed by atoms with Gasteiger partial charge in [0.2, 0.25) is 0 Å². The van der Waals surface area contributed by atoms with Crippen molar-refractivity contribution >= 4 is 23.2 Å². The van der Waals surface area contributed by atoms with Crippen LogP contribution < -0.4 is 11.1 Å². The predicted octanol–water partition coefficient (Wildman–Crippen LogP) is 3.69. The van der Waals surface area contributed by atoms with Crippen LogP contribution in [0.1, 0.15) is 28.9 Å². The second-order valence-corrected chi connectivity index (χ2v) is 5.00. The number of carbonyl (C=O) groups is 1. The van der Waals surface area contributed by atoms with Crippen molar-refractivity contribution in [2.75, 3.05) is 5.73 Å². The number of benzene rings is 2. The number of amides is 1. The highest BCUT2D eigenvalue weighted by Gasteiger charge is 2.15. The average Bonchev–Trinajstić information content (AvgIpc) is 2.41. The maximum Gasteiger partial charge on any atom is 0.251 e. The fourth-order valence-corrected chi connectivity index (χ4v) is 2.06. The van der Waals surface area contributed by atoms with Gasteiger partial charge in [0.05, 0.1) is 16.8 Å². The molecule has 0 aromatic heterocycles. The van der Waals surface area contributed by atoms with Gasteiger partial charge in [0.25, 0.3) is 5.91 Å². The van der Waals surface area contributed by atoms with Gasteiger partial charge in [-0.2, -0.15) is 0 Å². The number of hydrogen-bond donors (Lipinski definition) is 2. The molecule has 0 heterocycles. The minimum Gasteiger partial charge on any atom is -0.398 e. The summed E-state index contributed by atoms with van der Waals surface area (Å²) in [6.45, 7) is 1.60. The first-order valence-corrected chi connectivity index (χ1v) is 6.57. The van der Waals surface area contributed by atoms with Gasteiger partial charge in [0.15, 0.2) is 0 Å². The Balaban J connectivity index is 2.16. The van der Waals surface area contributed by atoms with Crippen LogP contribution in [0.15, 0.2) is 36.4 Å². The second kappa shape index (κ2) is 6.10. The molecule has 0 aliphatic rings. The van der Waals surface area contributed by atoms with E-state index in [0.717, 1.165) is 12.1 Å². The van der Waals surface area contributed by atoms with E-state index in [1.165, 1.54) is 24.3 Å². The highest BCUT2D eigenvalue weighted by molar-refractivity contribution is 6.33. The zero-order valence-corrected chi connectivity index (χ0v) is 11.9. The molecule has 0 saturated carbocycles. The SMILES string of the molecule is CC(NC(=O)c1ccc(N)c(Cl)c1)c1ccc(F)cc1F. The topological polar surface area (TPSA) is 55.1 Å². The number of halogens is 3. The Kier molecular flexibility index (Phi) is 4.43. The minimum atomic E-state index is -0.710. The normalized spacial score (nSPS) is 12.0.